The Morgan fingerprint density at radius 2 is 2.05 bits per heavy atom. The van der Waals surface area contributed by atoms with Gasteiger partial charge >= 0.3 is 0 Å². The first-order valence-electron chi connectivity index (χ1n) is 7.24. The average molecular weight is 269 g/mol. The van der Waals surface area contributed by atoms with Gasteiger partial charge < -0.3 is 15.0 Å². The van der Waals surface area contributed by atoms with Gasteiger partial charge in [0.1, 0.15) is 6.10 Å². The Labute approximate surface area is 115 Å². The zero-order chi connectivity index (χ0) is 14.3. The number of aromatic nitrogens is 2. The van der Waals surface area contributed by atoms with E-state index in [1.165, 1.54) is 0 Å². The van der Waals surface area contributed by atoms with Crippen LogP contribution in [0.2, 0.25) is 0 Å². The van der Waals surface area contributed by atoms with Gasteiger partial charge in [-0.1, -0.05) is 25.9 Å². The summed E-state index contributed by atoms with van der Waals surface area (Å²) in [6.45, 7) is 9.72. The molecular formula is C14H27N3O2. The highest BCUT2D eigenvalue weighted by Crippen LogP contribution is 2.20. The van der Waals surface area contributed by atoms with Gasteiger partial charge in [0.15, 0.2) is 0 Å². The Kier molecular flexibility index (Phi) is 7.02. The Balaban J connectivity index is 2.62. The van der Waals surface area contributed by atoms with E-state index in [2.05, 4.69) is 30.9 Å². The predicted molar refractivity (Wildman–Crippen MR) is 74.7 cm³/mol. The molecule has 19 heavy (non-hydrogen) atoms. The van der Waals surface area contributed by atoms with Gasteiger partial charge in [-0.05, 0) is 38.1 Å². The highest BCUT2D eigenvalue weighted by Gasteiger charge is 2.19. The first-order valence-corrected chi connectivity index (χ1v) is 7.24. The van der Waals surface area contributed by atoms with Gasteiger partial charge in [0.2, 0.25) is 11.7 Å². The summed E-state index contributed by atoms with van der Waals surface area (Å²) in [7, 11) is 0. The molecule has 5 heteroatoms. The zero-order valence-corrected chi connectivity index (χ0v) is 12.6. The van der Waals surface area contributed by atoms with Crippen LogP contribution < -0.4 is 5.73 Å². The molecule has 0 aliphatic carbocycles. The van der Waals surface area contributed by atoms with Crippen molar-refractivity contribution in [3.05, 3.63) is 11.7 Å². The van der Waals surface area contributed by atoms with Crippen LogP contribution in [-0.2, 0) is 11.2 Å². The largest absolute Gasteiger partial charge is 0.370 e. The summed E-state index contributed by atoms with van der Waals surface area (Å²) in [4.78, 5) is 4.44. The average Bonchev–Trinajstić information content (AvgIpc) is 2.82. The third kappa shape index (κ3) is 5.28. The van der Waals surface area contributed by atoms with Gasteiger partial charge in [-0.3, -0.25) is 0 Å². The fourth-order valence-electron chi connectivity index (χ4n) is 2.23. The van der Waals surface area contributed by atoms with E-state index in [1.54, 1.807) is 0 Å². The topological polar surface area (TPSA) is 74.2 Å². The van der Waals surface area contributed by atoms with E-state index in [1.807, 2.05) is 6.92 Å². The van der Waals surface area contributed by atoms with E-state index in [0.717, 1.165) is 19.3 Å². The van der Waals surface area contributed by atoms with Crippen molar-refractivity contribution in [3.63, 3.8) is 0 Å². The Morgan fingerprint density at radius 1 is 1.32 bits per heavy atom. The van der Waals surface area contributed by atoms with Crippen molar-refractivity contribution < 1.29 is 9.26 Å². The standard InChI is InChI=1S/C14H27N3O2/c1-5-12(18-6-2)14-16-13(19-17-14)8-11(9-15)7-10(3)4/h10-12H,5-9,15H2,1-4H3/t11-,12?/m0/s1. The summed E-state index contributed by atoms with van der Waals surface area (Å²) in [5.41, 5.74) is 5.79. The van der Waals surface area contributed by atoms with Crippen LogP contribution in [0.5, 0.6) is 0 Å². The summed E-state index contributed by atoms with van der Waals surface area (Å²) >= 11 is 0. The molecule has 0 radical (unpaired) electrons. The molecule has 0 aliphatic rings. The summed E-state index contributed by atoms with van der Waals surface area (Å²) in [5.74, 6) is 2.35. The van der Waals surface area contributed by atoms with Gasteiger partial charge in [-0.15, -0.1) is 0 Å². The normalized spacial score (nSPS) is 14.8. The lowest BCUT2D eigenvalue weighted by molar-refractivity contribution is 0.0518. The molecule has 1 rings (SSSR count). The monoisotopic (exact) mass is 269 g/mol. The molecule has 110 valence electrons. The number of nitrogens with two attached hydrogens (primary N) is 1. The quantitative estimate of drug-likeness (QED) is 0.746. The fraction of sp³-hybridized carbons (Fsp3) is 0.857. The minimum Gasteiger partial charge on any atom is -0.370 e. The summed E-state index contributed by atoms with van der Waals surface area (Å²) < 4.78 is 10.9. The van der Waals surface area contributed by atoms with Crippen molar-refractivity contribution in [2.24, 2.45) is 17.6 Å². The van der Waals surface area contributed by atoms with Crippen molar-refractivity contribution in [2.45, 2.75) is 53.1 Å². The van der Waals surface area contributed by atoms with Crippen molar-refractivity contribution in [3.8, 4) is 0 Å². The van der Waals surface area contributed by atoms with Crippen LogP contribution in [0, 0.1) is 11.8 Å². The van der Waals surface area contributed by atoms with Gasteiger partial charge in [0, 0.05) is 13.0 Å². The molecule has 0 saturated carbocycles. The molecular weight excluding hydrogens is 242 g/mol. The highest BCUT2D eigenvalue weighted by molar-refractivity contribution is 4.92. The maximum atomic E-state index is 5.79. The molecule has 2 N–H and O–H groups in total. The number of hydrogen-bond donors (Lipinski definition) is 1. The first kappa shape index (κ1) is 16.1. The first-order chi connectivity index (χ1) is 9.10. The van der Waals surface area contributed by atoms with Gasteiger partial charge in [-0.2, -0.15) is 4.98 Å². The molecule has 1 aromatic heterocycles. The minimum absolute atomic E-state index is 0.0658. The molecule has 1 unspecified atom stereocenters. The Hall–Kier alpha value is -0.940. The maximum Gasteiger partial charge on any atom is 0.227 e. The molecule has 0 amide bonds. The van der Waals surface area contributed by atoms with E-state index in [9.17, 15) is 0 Å². The second-order valence-corrected chi connectivity index (χ2v) is 5.33. The van der Waals surface area contributed by atoms with Crippen LogP contribution >= 0.6 is 0 Å². The van der Waals surface area contributed by atoms with Crippen molar-refractivity contribution in [2.75, 3.05) is 13.2 Å². The molecule has 0 aliphatic heterocycles. The van der Waals surface area contributed by atoms with Gasteiger partial charge in [0.25, 0.3) is 0 Å². The molecule has 0 saturated heterocycles. The molecule has 0 aromatic carbocycles. The minimum atomic E-state index is -0.0658. The van der Waals surface area contributed by atoms with Crippen LogP contribution in [0.25, 0.3) is 0 Å². The SMILES string of the molecule is CCOC(CC)c1noc(C[C@@H](CN)CC(C)C)n1. The molecule has 5 nitrogen and oxygen atoms in total. The Morgan fingerprint density at radius 3 is 2.58 bits per heavy atom. The van der Waals surface area contributed by atoms with Crippen LogP contribution in [-0.4, -0.2) is 23.3 Å². The molecule has 0 bridgehead atoms. The molecule has 0 fully saturated rings. The van der Waals surface area contributed by atoms with Gasteiger partial charge in [0.05, 0.1) is 0 Å². The third-order valence-corrected chi connectivity index (χ3v) is 3.11. The lowest BCUT2D eigenvalue weighted by atomic mass is 9.94. The number of hydrogen-bond acceptors (Lipinski definition) is 5. The number of rotatable bonds is 9. The fourth-order valence-corrected chi connectivity index (χ4v) is 2.23. The van der Waals surface area contributed by atoms with Gasteiger partial charge in [-0.25, -0.2) is 0 Å². The van der Waals surface area contributed by atoms with E-state index >= 15 is 0 Å². The lowest BCUT2D eigenvalue weighted by Gasteiger charge is -2.14. The lowest BCUT2D eigenvalue weighted by Crippen LogP contribution is -2.19. The number of nitrogens with zero attached hydrogens (tertiary/aromatic N) is 2. The smallest absolute Gasteiger partial charge is 0.227 e. The van der Waals surface area contributed by atoms with E-state index in [4.69, 9.17) is 15.0 Å². The third-order valence-electron chi connectivity index (χ3n) is 3.11. The van der Waals surface area contributed by atoms with Crippen molar-refractivity contribution in [1.82, 2.24) is 10.1 Å². The van der Waals surface area contributed by atoms with E-state index < -0.39 is 0 Å². The Bertz CT molecular complexity index is 352. The van der Waals surface area contributed by atoms with E-state index in [-0.39, 0.29) is 6.10 Å². The van der Waals surface area contributed by atoms with Crippen LogP contribution in [0.3, 0.4) is 0 Å². The molecule has 1 aromatic rings. The summed E-state index contributed by atoms with van der Waals surface area (Å²) in [6.07, 6.45) is 2.61. The van der Waals surface area contributed by atoms with Crippen LogP contribution in [0.4, 0.5) is 0 Å². The van der Waals surface area contributed by atoms with Crippen LogP contribution in [0.1, 0.15) is 58.4 Å². The molecule has 1 heterocycles. The number of ether oxygens (including phenoxy) is 1. The molecule has 2 atom stereocenters. The second kappa shape index (κ2) is 8.27. The summed E-state index contributed by atoms with van der Waals surface area (Å²) in [5, 5.41) is 4.02. The summed E-state index contributed by atoms with van der Waals surface area (Å²) in [6, 6.07) is 0. The van der Waals surface area contributed by atoms with Crippen molar-refractivity contribution in [1.29, 1.82) is 0 Å². The van der Waals surface area contributed by atoms with E-state index in [0.29, 0.717) is 36.7 Å². The van der Waals surface area contributed by atoms with Crippen molar-refractivity contribution >= 4 is 0 Å². The van der Waals surface area contributed by atoms with Crippen LogP contribution in [0.15, 0.2) is 4.52 Å². The predicted octanol–water partition coefficient (Wildman–Crippen LogP) is 2.72. The zero-order valence-electron chi connectivity index (χ0n) is 12.6. The highest BCUT2D eigenvalue weighted by atomic mass is 16.5. The molecule has 0 spiro atoms. The second-order valence-electron chi connectivity index (χ2n) is 5.33. The maximum absolute atomic E-state index is 5.79.